The molecule has 5 heteroatoms. The number of rotatable bonds is 9. The van der Waals surface area contributed by atoms with Crippen molar-refractivity contribution >= 4 is 5.97 Å². The number of ether oxygens (including phenoxy) is 2. The van der Waals surface area contributed by atoms with Gasteiger partial charge in [-0.1, -0.05) is 45.0 Å². The number of hydrogen-bond acceptors (Lipinski definition) is 3. The Labute approximate surface area is 206 Å². The third-order valence-corrected chi connectivity index (χ3v) is 6.66. The van der Waals surface area contributed by atoms with Gasteiger partial charge in [-0.2, -0.15) is 0 Å². The van der Waals surface area contributed by atoms with E-state index in [2.05, 4.69) is 20.8 Å². The van der Waals surface area contributed by atoms with E-state index < -0.39 is 5.97 Å². The van der Waals surface area contributed by atoms with Crippen molar-refractivity contribution in [3.05, 3.63) is 83.2 Å². The molecular formula is C30H33FO4. The maximum atomic E-state index is 14.9. The smallest absolute Gasteiger partial charge is 0.303 e. The molecule has 1 unspecified atom stereocenters. The van der Waals surface area contributed by atoms with Crippen LogP contribution in [-0.4, -0.2) is 18.2 Å². The summed E-state index contributed by atoms with van der Waals surface area (Å²) in [7, 11) is 1.58. The largest absolute Gasteiger partial charge is 0.497 e. The Morgan fingerprint density at radius 3 is 2.29 bits per heavy atom. The molecule has 0 saturated heterocycles. The molecule has 1 aliphatic rings. The second kappa shape index (κ2) is 10.1. The third-order valence-electron chi connectivity index (χ3n) is 6.66. The van der Waals surface area contributed by atoms with Crippen LogP contribution in [0.25, 0.3) is 11.1 Å². The average Bonchev–Trinajstić information content (AvgIpc) is 3.66. The van der Waals surface area contributed by atoms with Crippen LogP contribution in [0.4, 0.5) is 4.39 Å². The Bertz CT molecular complexity index is 1190. The summed E-state index contributed by atoms with van der Waals surface area (Å²) in [5.41, 5.74) is 4.18. The standard InChI is InChI=1S/C30H33FO4/c1-30(2,3)27-13-5-19(15-25(27)26-16-23(34-4)12-14-28(26)31)18-35-22-10-8-21(9-11-22)24(17-29(32)33)20-6-7-20/h5,8-16,20,24H,6-7,17-18H2,1-4H3,(H,32,33). The minimum atomic E-state index is -0.760. The molecule has 4 nitrogen and oxygen atoms in total. The van der Waals surface area contributed by atoms with Gasteiger partial charge in [-0.25, -0.2) is 4.39 Å². The lowest BCUT2D eigenvalue weighted by Crippen LogP contribution is -2.13. The van der Waals surface area contributed by atoms with Crippen molar-refractivity contribution in [3.8, 4) is 22.6 Å². The van der Waals surface area contributed by atoms with E-state index in [4.69, 9.17) is 9.47 Å². The first kappa shape index (κ1) is 24.8. The molecule has 0 bridgehead atoms. The van der Waals surface area contributed by atoms with Gasteiger partial charge in [-0.15, -0.1) is 0 Å². The minimum absolute atomic E-state index is 0.0619. The first-order valence-electron chi connectivity index (χ1n) is 12.1. The van der Waals surface area contributed by atoms with Crippen LogP contribution in [0.5, 0.6) is 11.5 Å². The fraction of sp³-hybridized carbons (Fsp3) is 0.367. The van der Waals surface area contributed by atoms with Crippen LogP contribution in [0.15, 0.2) is 60.7 Å². The molecule has 0 amide bonds. The number of carbonyl (C=O) groups is 1. The number of carboxylic acid groups (broad SMARTS) is 1. The van der Waals surface area contributed by atoms with Crippen molar-refractivity contribution in [2.24, 2.45) is 5.92 Å². The van der Waals surface area contributed by atoms with Crippen LogP contribution in [0.3, 0.4) is 0 Å². The van der Waals surface area contributed by atoms with Crippen LogP contribution in [-0.2, 0) is 16.8 Å². The first-order valence-corrected chi connectivity index (χ1v) is 12.1. The Balaban J connectivity index is 1.55. The van der Waals surface area contributed by atoms with E-state index in [1.165, 1.54) is 6.07 Å². The van der Waals surface area contributed by atoms with Crippen molar-refractivity contribution in [2.45, 2.75) is 58.0 Å². The Kier molecular flexibility index (Phi) is 7.15. The molecule has 3 aromatic rings. The first-order chi connectivity index (χ1) is 16.7. The topological polar surface area (TPSA) is 55.8 Å². The molecule has 1 aliphatic carbocycles. The summed E-state index contributed by atoms with van der Waals surface area (Å²) in [6, 6.07) is 18.6. The van der Waals surface area contributed by atoms with Crippen molar-refractivity contribution in [1.82, 2.24) is 0 Å². The molecular weight excluding hydrogens is 443 g/mol. The van der Waals surface area contributed by atoms with E-state index in [0.717, 1.165) is 35.1 Å². The zero-order valence-corrected chi connectivity index (χ0v) is 20.8. The van der Waals surface area contributed by atoms with Crippen LogP contribution in [0, 0.1) is 11.7 Å². The van der Waals surface area contributed by atoms with Crippen LogP contribution < -0.4 is 9.47 Å². The van der Waals surface area contributed by atoms with Crippen molar-refractivity contribution in [2.75, 3.05) is 7.11 Å². The highest BCUT2D eigenvalue weighted by Crippen LogP contribution is 2.44. The molecule has 184 valence electrons. The van der Waals surface area contributed by atoms with Gasteiger partial charge in [0.25, 0.3) is 0 Å². The Hall–Kier alpha value is -3.34. The zero-order chi connectivity index (χ0) is 25.2. The van der Waals surface area contributed by atoms with Crippen molar-refractivity contribution < 1.29 is 23.8 Å². The number of aliphatic carboxylic acids is 1. The number of hydrogen-bond donors (Lipinski definition) is 1. The summed E-state index contributed by atoms with van der Waals surface area (Å²) in [6.07, 6.45) is 2.35. The second-order valence-electron chi connectivity index (χ2n) is 10.4. The highest BCUT2D eigenvalue weighted by molar-refractivity contribution is 5.71. The van der Waals surface area contributed by atoms with Gasteiger partial charge in [-0.05, 0) is 88.7 Å². The molecule has 3 aromatic carbocycles. The van der Waals surface area contributed by atoms with Gasteiger partial charge >= 0.3 is 5.97 Å². The van der Waals surface area contributed by atoms with Gasteiger partial charge in [-0.3, -0.25) is 4.79 Å². The average molecular weight is 477 g/mol. The molecule has 1 atom stereocenters. The van der Waals surface area contributed by atoms with Gasteiger partial charge in [0.1, 0.15) is 23.9 Å². The van der Waals surface area contributed by atoms with Gasteiger partial charge in [0.05, 0.1) is 13.5 Å². The quantitative estimate of drug-likeness (QED) is 0.351. The molecule has 1 saturated carbocycles. The van der Waals surface area contributed by atoms with Crippen molar-refractivity contribution in [1.29, 1.82) is 0 Å². The molecule has 0 aromatic heterocycles. The van der Waals surface area contributed by atoms with Crippen LogP contribution >= 0.6 is 0 Å². The Morgan fingerprint density at radius 2 is 1.69 bits per heavy atom. The van der Waals surface area contributed by atoms with Gasteiger partial charge in [0, 0.05) is 5.56 Å². The minimum Gasteiger partial charge on any atom is -0.497 e. The van der Waals surface area contributed by atoms with Crippen molar-refractivity contribution in [3.63, 3.8) is 0 Å². The van der Waals surface area contributed by atoms with E-state index in [1.807, 2.05) is 42.5 Å². The lowest BCUT2D eigenvalue weighted by atomic mass is 9.81. The number of carboxylic acids is 1. The predicted molar refractivity (Wildman–Crippen MR) is 136 cm³/mol. The highest BCUT2D eigenvalue weighted by Gasteiger charge is 2.33. The van der Waals surface area contributed by atoms with Gasteiger partial charge < -0.3 is 14.6 Å². The fourth-order valence-corrected chi connectivity index (χ4v) is 4.62. The molecule has 1 fully saturated rings. The SMILES string of the molecule is COc1ccc(F)c(-c2cc(COc3ccc(C(CC(=O)O)C4CC4)cc3)ccc2C(C)(C)C)c1. The summed E-state index contributed by atoms with van der Waals surface area (Å²) < 4.78 is 26.2. The van der Waals surface area contributed by atoms with E-state index in [-0.39, 0.29) is 23.6 Å². The predicted octanol–water partition coefficient (Wildman–Crippen LogP) is 7.35. The monoisotopic (exact) mass is 476 g/mol. The molecule has 0 aliphatic heterocycles. The third kappa shape index (κ3) is 6.02. The zero-order valence-electron chi connectivity index (χ0n) is 20.8. The number of halogens is 1. The molecule has 0 heterocycles. The summed E-state index contributed by atoms with van der Waals surface area (Å²) in [5, 5.41) is 9.25. The molecule has 1 N–H and O–H groups in total. The molecule has 35 heavy (non-hydrogen) atoms. The lowest BCUT2D eigenvalue weighted by Gasteiger charge is -2.24. The van der Waals surface area contributed by atoms with Gasteiger partial charge in [0.15, 0.2) is 0 Å². The maximum absolute atomic E-state index is 14.9. The Morgan fingerprint density at radius 1 is 1.00 bits per heavy atom. The number of benzene rings is 3. The van der Waals surface area contributed by atoms with Crippen LogP contribution in [0.2, 0.25) is 0 Å². The summed E-state index contributed by atoms with van der Waals surface area (Å²) in [5.74, 6) is 0.796. The maximum Gasteiger partial charge on any atom is 0.303 e. The molecule has 4 rings (SSSR count). The molecule has 0 spiro atoms. The normalized spacial score (nSPS) is 14.4. The van der Waals surface area contributed by atoms with E-state index in [9.17, 15) is 14.3 Å². The lowest BCUT2D eigenvalue weighted by molar-refractivity contribution is -0.137. The van der Waals surface area contributed by atoms with Crippen LogP contribution in [0.1, 0.15) is 62.6 Å². The van der Waals surface area contributed by atoms with E-state index in [1.54, 1.807) is 19.2 Å². The molecule has 0 radical (unpaired) electrons. The highest BCUT2D eigenvalue weighted by atomic mass is 19.1. The van der Waals surface area contributed by atoms with E-state index in [0.29, 0.717) is 29.6 Å². The fourth-order valence-electron chi connectivity index (χ4n) is 4.62. The summed E-state index contributed by atoms with van der Waals surface area (Å²) >= 11 is 0. The number of methoxy groups -OCH3 is 1. The summed E-state index contributed by atoms with van der Waals surface area (Å²) in [4.78, 5) is 11.3. The second-order valence-corrected chi connectivity index (χ2v) is 10.4. The summed E-state index contributed by atoms with van der Waals surface area (Å²) in [6.45, 7) is 6.67. The van der Waals surface area contributed by atoms with E-state index >= 15 is 0 Å². The van der Waals surface area contributed by atoms with Gasteiger partial charge in [0.2, 0.25) is 0 Å².